The average molecular weight is 342 g/mol. The number of rotatable bonds is 12. The lowest BCUT2D eigenvalue weighted by atomic mass is 10.2. The van der Waals surface area contributed by atoms with Gasteiger partial charge in [0.1, 0.15) is 6.16 Å². The number of unbranched alkanes of at least 4 members (excludes halogenated alkanes) is 1. The van der Waals surface area contributed by atoms with Gasteiger partial charge in [-0.3, -0.25) is 9.36 Å². The maximum Gasteiger partial charge on any atom is 0.315 e. The fourth-order valence-corrected chi connectivity index (χ4v) is 4.19. The largest absolute Gasteiger partial charge is 0.466 e. The standard InChI is InChI=1S/C17H27O5P/c1-3-21-17(18)15-23(19,22-4-2)13-9-8-12-20-14-16-10-6-5-7-11-16/h5-7,10-11H,3-4,8-9,12-15H2,1-2H3. The third-order valence-electron chi connectivity index (χ3n) is 3.19. The molecule has 0 saturated carbocycles. The molecule has 1 rings (SSSR count). The first-order valence-corrected chi connectivity index (χ1v) is 10.1. The Bertz CT molecular complexity index is 489. The molecule has 0 radical (unpaired) electrons. The summed E-state index contributed by atoms with van der Waals surface area (Å²) in [4.78, 5) is 11.5. The molecule has 5 nitrogen and oxygen atoms in total. The van der Waals surface area contributed by atoms with Crippen molar-refractivity contribution in [1.82, 2.24) is 0 Å². The van der Waals surface area contributed by atoms with Crippen LogP contribution in [0.1, 0.15) is 32.3 Å². The maximum atomic E-state index is 12.6. The van der Waals surface area contributed by atoms with E-state index < -0.39 is 13.3 Å². The van der Waals surface area contributed by atoms with Gasteiger partial charge in [-0.1, -0.05) is 30.3 Å². The molecular formula is C17H27O5P. The summed E-state index contributed by atoms with van der Waals surface area (Å²) in [6.45, 7) is 5.31. The minimum atomic E-state index is -2.94. The van der Waals surface area contributed by atoms with E-state index in [0.29, 0.717) is 32.4 Å². The first kappa shape index (κ1) is 19.9. The van der Waals surface area contributed by atoms with Crippen molar-refractivity contribution < 1.29 is 23.4 Å². The van der Waals surface area contributed by atoms with E-state index in [-0.39, 0.29) is 12.8 Å². The summed E-state index contributed by atoms with van der Waals surface area (Å²) in [5.74, 6) is -0.454. The Labute approximate surface area is 138 Å². The number of benzene rings is 1. The predicted octanol–water partition coefficient (Wildman–Crippen LogP) is 3.86. The normalized spacial score (nSPS) is 13.5. The SMILES string of the molecule is CCOC(=O)CP(=O)(CCCCOCc1ccccc1)OCC. The van der Waals surface area contributed by atoms with Gasteiger partial charge in [-0.15, -0.1) is 0 Å². The highest BCUT2D eigenvalue weighted by Crippen LogP contribution is 2.47. The van der Waals surface area contributed by atoms with Gasteiger partial charge in [0.15, 0.2) is 0 Å². The fourth-order valence-electron chi connectivity index (χ4n) is 2.15. The van der Waals surface area contributed by atoms with E-state index in [1.165, 1.54) is 0 Å². The Hall–Kier alpha value is -1.16. The third-order valence-corrected chi connectivity index (χ3v) is 5.66. The van der Waals surface area contributed by atoms with Crippen LogP contribution in [0.5, 0.6) is 0 Å². The van der Waals surface area contributed by atoms with Gasteiger partial charge in [0, 0.05) is 12.8 Å². The second-order valence-electron chi connectivity index (χ2n) is 5.16. The summed E-state index contributed by atoms with van der Waals surface area (Å²) in [6, 6.07) is 9.96. The van der Waals surface area contributed by atoms with Crippen molar-refractivity contribution in [2.24, 2.45) is 0 Å². The van der Waals surface area contributed by atoms with Crippen LogP contribution in [0.4, 0.5) is 0 Å². The molecule has 0 aromatic heterocycles. The van der Waals surface area contributed by atoms with Gasteiger partial charge in [0.2, 0.25) is 7.37 Å². The van der Waals surface area contributed by atoms with Crippen LogP contribution in [0, 0.1) is 0 Å². The molecule has 0 aliphatic carbocycles. The maximum absolute atomic E-state index is 12.6. The molecule has 0 N–H and O–H groups in total. The molecule has 1 atom stereocenters. The van der Waals surface area contributed by atoms with E-state index in [2.05, 4.69) is 0 Å². The summed E-state index contributed by atoms with van der Waals surface area (Å²) in [6.07, 6.45) is 1.73. The highest BCUT2D eigenvalue weighted by atomic mass is 31.2. The van der Waals surface area contributed by atoms with Crippen LogP contribution in [0.25, 0.3) is 0 Å². The topological polar surface area (TPSA) is 61.8 Å². The minimum absolute atomic E-state index is 0.139. The zero-order chi connectivity index (χ0) is 17.0. The Morgan fingerprint density at radius 3 is 2.48 bits per heavy atom. The Morgan fingerprint density at radius 1 is 1.09 bits per heavy atom. The number of hydrogen-bond donors (Lipinski definition) is 0. The molecule has 1 unspecified atom stereocenters. The lowest BCUT2D eigenvalue weighted by Gasteiger charge is -2.17. The average Bonchev–Trinajstić information content (AvgIpc) is 2.52. The van der Waals surface area contributed by atoms with Gasteiger partial charge in [-0.25, -0.2) is 0 Å². The second-order valence-corrected chi connectivity index (χ2v) is 7.82. The zero-order valence-electron chi connectivity index (χ0n) is 14.0. The molecular weight excluding hydrogens is 315 g/mol. The molecule has 1 aromatic rings. The monoisotopic (exact) mass is 342 g/mol. The van der Waals surface area contributed by atoms with Gasteiger partial charge in [-0.2, -0.15) is 0 Å². The van der Waals surface area contributed by atoms with Gasteiger partial charge in [0.05, 0.1) is 19.8 Å². The number of ether oxygens (including phenoxy) is 2. The van der Waals surface area contributed by atoms with Crippen LogP contribution < -0.4 is 0 Å². The molecule has 0 fully saturated rings. The Kier molecular flexibility index (Phi) is 9.85. The molecule has 0 bridgehead atoms. The number of esters is 1. The molecule has 0 amide bonds. The zero-order valence-corrected chi connectivity index (χ0v) is 14.9. The van der Waals surface area contributed by atoms with Crippen LogP contribution in [-0.4, -0.2) is 38.1 Å². The lowest BCUT2D eigenvalue weighted by molar-refractivity contribution is -0.140. The van der Waals surface area contributed by atoms with E-state index in [9.17, 15) is 9.36 Å². The van der Waals surface area contributed by atoms with Gasteiger partial charge < -0.3 is 14.0 Å². The molecule has 1 aromatic carbocycles. The Morgan fingerprint density at radius 2 is 1.83 bits per heavy atom. The Balaban J connectivity index is 2.24. The summed E-state index contributed by atoms with van der Waals surface area (Å²) >= 11 is 0. The summed E-state index contributed by atoms with van der Waals surface area (Å²) < 4.78 is 28.4. The molecule has 6 heteroatoms. The van der Waals surface area contributed by atoms with Gasteiger partial charge in [0.25, 0.3) is 0 Å². The van der Waals surface area contributed by atoms with Crippen LogP contribution in [-0.2, 0) is 30.0 Å². The molecule has 130 valence electrons. The summed E-state index contributed by atoms with van der Waals surface area (Å²) in [7, 11) is -2.94. The fraction of sp³-hybridized carbons (Fsp3) is 0.588. The van der Waals surface area contributed by atoms with Gasteiger partial charge >= 0.3 is 5.97 Å². The van der Waals surface area contributed by atoms with Crippen molar-refractivity contribution in [1.29, 1.82) is 0 Å². The van der Waals surface area contributed by atoms with Crippen molar-refractivity contribution in [3.8, 4) is 0 Å². The number of hydrogen-bond acceptors (Lipinski definition) is 5. The molecule has 0 aliphatic heterocycles. The van der Waals surface area contributed by atoms with Crippen LogP contribution in [0.2, 0.25) is 0 Å². The van der Waals surface area contributed by atoms with E-state index in [1.54, 1.807) is 13.8 Å². The first-order chi connectivity index (χ1) is 11.1. The van der Waals surface area contributed by atoms with E-state index in [0.717, 1.165) is 12.0 Å². The lowest BCUT2D eigenvalue weighted by Crippen LogP contribution is -2.13. The summed E-state index contributed by atoms with van der Waals surface area (Å²) in [5.41, 5.74) is 1.13. The van der Waals surface area contributed by atoms with Crippen molar-refractivity contribution in [2.75, 3.05) is 32.1 Å². The third kappa shape index (κ3) is 8.89. The van der Waals surface area contributed by atoms with E-state index in [4.69, 9.17) is 14.0 Å². The first-order valence-electron chi connectivity index (χ1n) is 8.09. The second kappa shape index (κ2) is 11.4. The molecule has 23 heavy (non-hydrogen) atoms. The van der Waals surface area contributed by atoms with E-state index >= 15 is 0 Å². The highest BCUT2D eigenvalue weighted by Gasteiger charge is 2.26. The molecule has 0 saturated heterocycles. The number of carbonyl (C=O) groups excluding carboxylic acids is 1. The molecule has 0 aliphatic rings. The van der Waals surface area contributed by atoms with Crippen molar-refractivity contribution >= 4 is 13.3 Å². The van der Waals surface area contributed by atoms with Crippen LogP contribution in [0.15, 0.2) is 30.3 Å². The van der Waals surface area contributed by atoms with E-state index in [1.807, 2.05) is 30.3 Å². The predicted molar refractivity (Wildman–Crippen MR) is 90.9 cm³/mol. The quantitative estimate of drug-likeness (QED) is 0.328. The molecule has 0 spiro atoms. The van der Waals surface area contributed by atoms with Crippen molar-refractivity contribution in [3.05, 3.63) is 35.9 Å². The van der Waals surface area contributed by atoms with Crippen LogP contribution >= 0.6 is 7.37 Å². The summed E-state index contributed by atoms with van der Waals surface area (Å²) in [5, 5.41) is 0. The van der Waals surface area contributed by atoms with Gasteiger partial charge in [-0.05, 0) is 32.3 Å². The minimum Gasteiger partial charge on any atom is -0.466 e. The molecule has 0 heterocycles. The highest BCUT2D eigenvalue weighted by molar-refractivity contribution is 7.59. The smallest absolute Gasteiger partial charge is 0.315 e. The van der Waals surface area contributed by atoms with Crippen molar-refractivity contribution in [3.63, 3.8) is 0 Å². The van der Waals surface area contributed by atoms with Crippen LogP contribution in [0.3, 0.4) is 0 Å². The number of carbonyl (C=O) groups is 1. The van der Waals surface area contributed by atoms with Crippen molar-refractivity contribution in [2.45, 2.75) is 33.3 Å².